The van der Waals surface area contributed by atoms with E-state index in [-0.39, 0.29) is 5.88 Å². The van der Waals surface area contributed by atoms with Crippen molar-refractivity contribution in [1.82, 2.24) is 9.97 Å². The third-order valence-corrected chi connectivity index (χ3v) is 2.61. The van der Waals surface area contributed by atoms with Crippen molar-refractivity contribution in [2.45, 2.75) is 5.88 Å². The number of nitrogens with zero attached hydrogens (tertiary/aromatic N) is 3. The molecule has 0 aromatic carbocycles. The highest BCUT2D eigenvalue weighted by Crippen LogP contribution is 2.17. The SMILES string of the molecule is ClCc1nc(Cl)cc(N2CCOCC2)n1. The average Bonchev–Trinajstić information content (AvgIpc) is 2.29. The van der Waals surface area contributed by atoms with Gasteiger partial charge in [-0.2, -0.15) is 0 Å². The summed E-state index contributed by atoms with van der Waals surface area (Å²) in [7, 11) is 0. The normalized spacial score (nSPS) is 16.8. The molecule has 6 heteroatoms. The van der Waals surface area contributed by atoms with E-state index in [1.807, 2.05) is 0 Å². The molecule has 1 saturated heterocycles. The van der Waals surface area contributed by atoms with Gasteiger partial charge in [0.05, 0.1) is 19.1 Å². The van der Waals surface area contributed by atoms with Crippen LogP contribution in [0, 0.1) is 0 Å². The minimum Gasteiger partial charge on any atom is -0.378 e. The second-order valence-electron chi connectivity index (χ2n) is 3.20. The van der Waals surface area contributed by atoms with Gasteiger partial charge in [0.1, 0.15) is 16.8 Å². The molecule has 1 fully saturated rings. The highest BCUT2D eigenvalue weighted by atomic mass is 35.5. The number of morpholine rings is 1. The lowest BCUT2D eigenvalue weighted by molar-refractivity contribution is 0.122. The van der Waals surface area contributed by atoms with Crippen LogP contribution in [-0.4, -0.2) is 36.3 Å². The number of hydrogen-bond donors (Lipinski definition) is 0. The van der Waals surface area contributed by atoms with Gasteiger partial charge in [-0.25, -0.2) is 9.97 Å². The van der Waals surface area contributed by atoms with E-state index in [1.165, 1.54) is 0 Å². The van der Waals surface area contributed by atoms with Gasteiger partial charge in [-0.15, -0.1) is 11.6 Å². The lowest BCUT2D eigenvalue weighted by atomic mass is 10.4. The second kappa shape index (κ2) is 4.96. The van der Waals surface area contributed by atoms with Gasteiger partial charge in [-0.1, -0.05) is 11.6 Å². The van der Waals surface area contributed by atoms with Crippen LogP contribution in [0.25, 0.3) is 0 Å². The Hall–Kier alpha value is -0.580. The van der Waals surface area contributed by atoms with Gasteiger partial charge in [0, 0.05) is 19.2 Å². The third kappa shape index (κ3) is 2.71. The molecule has 2 rings (SSSR count). The Balaban J connectivity index is 2.22. The molecule has 1 aliphatic heterocycles. The van der Waals surface area contributed by atoms with E-state index < -0.39 is 0 Å². The predicted molar refractivity (Wildman–Crippen MR) is 59.6 cm³/mol. The fourth-order valence-corrected chi connectivity index (χ4v) is 1.78. The topological polar surface area (TPSA) is 38.2 Å². The lowest BCUT2D eigenvalue weighted by Gasteiger charge is -2.27. The Kier molecular flexibility index (Phi) is 3.61. The summed E-state index contributed by atoms with van der Waals surface area (Å²) in [5, 5.41) is 0.433. The zero-order valence-electron chi connectivity index (χ0n) is 8.12. The Morgan fingerprint density at radius 2 is 2.07 bits per heavy atom. The highest BCUT2D eigenvalue weighted by molar-refractivity contribution is 6.29. The minimum atomic E-state index is 0.276. The van der Waals surface area contributed by atoms with E-state index in [0.717, 1.165) is 32.1 Å². The lowest BCUT2D eigenvalue weighted by Crippen LogP contribution is -2.36. The molecule has 0 aliphatic carbocycles. The van der Waals surface area contributed by atoms with Gasteiger partial charge < -0.3 is 9.64 Å². The van der Waals surface area contributed by atoms with Gasteiger partial charge in [0.15, 0.2) is 0 Å². The zero-order valence-corrected chi connectivity index (χ0v) is 9.63. The van der Waals surface area contributed by atoms with Gasteiger partial charge in [-0.05, 0) is 0 Å². The maximum atomic E-state index is 5.88. The Labute approximate surface area is 98.2 Å². The summed E-state index contributed by atoms with van der Waals surface area (Å²) in [5.74, 6) is 1.66. The van der Waals surface area contributed by atoms with Crippen molar-refractivity contribution in [3.8, 4) is 0 Å². The summed E-state index contributed by atoms with van der Waals surface area (Å²) in [6.45, 7) is 3.10. The smallest absolute Gasteiger partial charge is 0.147 e. The number of aromatic nitrogens is 2. The van der Waals surface area contributed by atoms with Crippen LogP contribution in [0.3, 0.4) is 0 Å². The first-order valence-electron chi connectivity index (χ1n) is 4.71. The third-order valence-electron chi connectivity index (χ3n) is 2.18. The molecule has 4 nitrogen and oxygen atoms in total. The van der Waals surface area contributed by atoms with E-state index >= 15 is 0 Å². The molecule has 15 heavy (non-hydrogen) atoms. The molecular weight excluding hydrogens is 237 g/mol. The Bertz CT molecular complexity index is 342. The molecule has 0 atom stereocenters. The monoisotopic (exact) mass is 247 g/mol. The van der Waals surface area contributed by atoms with Gasteiger partial charge in [0.2, 0.25) is 0 Å². The number of hydrogen-bond acceptors (Lipinski definition) is 4. The van der Waals surface area contributed by atoms with Crippen molar-refractivity contribution >= 4 is 29.0 Å². The fourth-order valence-electron chi connectivity index (χ4n) is 1.47. The minimum absolute atomic E-state index is 0.276. The molecule has 1 aromatic heterocycles. The van der Waals surface area contributed by atoms with E-state index in [2.05, 4.69) is 14.9 Å². The first-order valence-corrected chi connectivity index (χ1v) is 5.63. The molecule has 0 amide bonds. The second-order valence-corrected chi connectivity index (χ2v) is 3.85. The van der Waals surface area contributed by atoms with Crippen LogP contribution < -0.4 is 4.90 Å². The summed E-state index contributed by atoms with van der Waals surface area (Å²) in [5.41, 5.74) is 0. The average molecular weight is 248 g/mol. The summed E-state index contributed by atoms with van der Waals surface area (Å²) in [6.07, 6.45) is 0. The van der Waals surface area contributed by atoms with Gasteiger partial charge in [-0.3, -0.25) is 0 Å². The summed E-state index contributed by atoms with van der Waals surface area (Å²) in [6, 6.07) is 1.75. The van der Waals surface area contributed by atoms with Crippen molar-refractivity contribution in [2.75, 3.05) is 31.2 Å². The van der Waals surface area contributed by atoms with E-state index in [1.54, 1.807) is 6.07 Å². The number of ether oxygens (including phenoxy) is 1. The zero-order chi connectivity index (χ0) is 10.7. The van der Waals surface area contributed by atoms with E-state index in [0.29, 0.717) is 11.0 Å². The van der Waals surface area contributed by atoms with Crippen LogP contribution in [0.4, 0.5) is 5.82 Å². The molecular formula is C9H11Cl2N3O. The van der Waals surface area contributed by atoms with Crippen molar-refractivity contribution in [2.24, 2.45) is 0 Å². The van der Waals surface area contributed by atoms with E-state index in [9.17, 15) is 0 Å². The molecule has 0 bridgehead atoms. The maximum Gasteiger partial charge on any atom is 0.147 e. The maximum absolute atomic E-state index is 5.88. The molecule has 0 unspecified atom stereocenters. The van der Waals surface area contributed by atoms with Crippen molar-refractivity contribution in [3.05, 3.63) is 17.0 Å². The predicted octanol–water partition coefficient (Wildman–Crippen LogP) is 1.71. The van der Waals surface area contributed by atoms with Crippen molar-refractivity contribution in [1.29, 1.82) is 0 Å². The fraction of sp³-hybridized carbons (Fsp3) is 0.556. The molecule has 0 spiro atoms. The largest absolute Gasteiger partial charge is 0.378 e. The first kappa shape index (κ1) is 10.9. The van der Waals surface area contributed by atoms with Crippen LogP contribution in [0.15, 0.2) is 6.07 Å². The van der Waals surface area contributed by atoms with Gasteiger partial charge >= 0.3 is 0 Å². The van der Waals surface area contributed by atoms with Crippen LogP contribution in [-0.2, 0) is 10.6 Å². The molecule has 0 radical (unpaired) electrons. The molecule has 0 saturated carbocycles. The molecule has 1 aliphatic rings. The standard InChI is InChI=1S/C9H11Cl2N3O/c10-6-8-12-7(11)5-9(13-8)14-1-3-15-4-2-14/h5H,1-4,6H2. The summed E-state index contributed by atoms with van der Waals surface area (Å²) < 4.78 is 5.26. The molecule has 0 N–H and O–H groups in total. The van der Waals surface area contributed by atoms with Crippen molar-refractivity contribution < 1.29 is 4.74 Å². The Morgan fingerprint density at radius 1 is 1.33 bits per heavy atom. The quantitative estimate of drug-likeness (QED) is 0.589. The number of halogens is 2. The van der Waals surface area contributed by atoms with E-state index in [4.69, 9.17) is 27.9 Å². The van der Waals surface area contributed by atoms with Crippen LogP contribution in [0.1, 0.15) is 5.82 Å². The van der Waals surface area contributed by atoms with Crippen molar-refractivity contribution in [3.63, 3.8) is 0 Å². The van der Waals surface area contributed by atoms with Crippen LogP contribution in [0.5, 0.6) is 0 Å². The number of anilines is 1. The molecule has 2 heterocycles. The van der Waals surface area contributed by atoms with Crippen LogP contribution in [0.2, 0.25) is 5.15 Å². The summed E-state index contributed by atoms with van der Waals surface area (Å²) in [4.78, 5) is 10.4. The molecule has 1 aromatic rings. The highest BCUT2D eigenvalue weighted by Gasteiger charge is 2.14. The molecule has 82 valence electrons. The number of rotatable bonds is 2. The number of alkyl halides is 1. The van der Waals surface area contributed by atoms with Gasteiger partial charge in [0.25, 0.3) is 0 Å². The first-order chi connectivity index (χ1) is 7.29. The summed E-state index contributed by atoms with van der Waals surface area (Å²) >= 11 is 11.6. The van der Waals surface area contributed by atoms with Crippen LogP contribution >= 0.6 is 23.2 Å². The Morgan fingerprint density at radius 3 is 2.73 bits per heavy atom.